The summed E-state index contributed by atoms with van der Waals surface area (Å²) in [6, 6.07) is 0. The summed E-state index contributed by atoms with van der Waals surface area (Å²) in [5.41, 5.74) is 1.01. The first-order valence-corrected chi connectivity index (χ1v) is 3.92. The second-order valence-electron chi connectivity index (χ2n) is 2.68. The Kier molecular flexibility index (Phi) is 2.86. The molecule has 0 saturated heterocycles. The highest BCUT2D eigenvalue weighted by Gasteiger charge is 2.04. The van der Waals surface area contributed by atoms with Crippen LogP contribution in [0.2, 0.25) is 0 Å². The summed E-state index contributed by atoms with van der Waals surface area (Å²) >= 11 is 0. The highest BCUT2D eigenvalue weighted by molar-refractivity contribution is 5.68. The van der Waals surface area contributed by atoms with Crippen LogP contribution in [0.5, 0.6) is 0 Å². The summed E-state index contributed by atoms with van der Waals surface area (Å²) in [6.07, 6.45) is 8.64. The largest absolute Gasteiger partial charge is 0.426 e. The molecule has 0 N–H and O–H groups in total. The number of hydrogen-bond donors (Lipinski definition) is 0. The summed E-state index contributed by atoms with van der Waals surface area (Å²) in [7, 11) is 0. The summed E-state index contributed by atoms with van der Waals surface area (Å²) < 4.78 is 4.99. The maximum atomic E-state index is 10.7. The number of carbonyl (C=O) groups excluding carboxylic acids is 1. The molecule has 0 unspecified atom stereocenters. The van der Waals surface area contributed by atoms with E-state index in [0.29, 0.717) is 5.76 Å². The molecule has 2 heteroatoms. The molecule has 1 aliphatic carbocycles. The Labute approximate surface area is 72.2 Å². The Morgan fingerprint density at radius 2 is 2.33 bits per heavy atom. The van der Waals surface area contributed by atoms with Crippen LogP contribution in [-0.2, 0) is 9.53 Å². The van der Waals surface area contributed by atoms with E-state index in [1.165, 1.54) is 6.92 Å². The maximum absolute atomic E-state index is 10.7. The predicted molar refractivity (Wildman–Crippen MR) is 47.4 cm³/mol. The first kappa shape index (κ1) is 8.78. The zero-order valence-electron chi connectivity index (χ0n) is 7.33. The van der Waals surface area contributed by atoms with Crippen LogP contribution in [0.25, 0.3) is 0 Å². The lowest BCUT2D eigenvalue weighted by atomic mass is 10.2. The van der Waals surface area contributed by atoms with Crippen LogP contribution < -0.4 is 0 Å². The Hall–Kier alpha value is -1.31. The molecule has 0 atom stereocenters. The van der Waals surface area contributed by atoms with Gasteiger partial charge in [0.05, 0.1) is 0 Å². The molecule has 2 nitrogen and oxygen atoms in total. The SMILES string of the molecule is CC(=O)OC1=CC=CCC=C1C. The number of rotatable bonds is 1. The molecule has 64 valence electrons. The highest BCUT2D eigenvalue weighted by Crippen LogP contribution is 2.15. The zero-order chi connectivity index (χ0) is 8.97. The Morgan fingerprint density at radius 1 is 1.58 bits per heavy atom. The van der Waals surface area contributed by atoms with Crippen LogP contribution in [0, 0.1) is 0 Å². The van der Waals surface area contributed by atoms with Crippen LogP contribution in [0.4, 0.5) is 0 Å². The van der Waals surface area contributed by atoms with Gasteiger partial charge in [-0.1, -0.05) is 18.2 Å². The molecule has 0 aromatic rings. The van der Waals surface area contributed by atoms with Crippen molar-refractivity contribution in [2.24, 2.45) is 0 Å². The minimum Gasteiger partial charge on any atom is -0.426 e. The first-order chi connectivity index (χ1) is 5.70. The van der Waals surface area contributed by atoms with E-state index in [4.69, 9.17) is 4.74 Å². The molecule has 0 saturated carbocycles. The molecule has 0 spiro atoms. The number of carbonyl (C=O) groups is 1. The van der Waals surface area contributed by atoms with Gasteiger partial charge < -0.3 is 4.74 Å². The second-order valence-corrected chi connectivity index (χ2v) is 2.68. The van der Waals surface area contributed by atoms with E-state index in [1.54, 1.807) is 6.08 Å². The molecule has 1 rings (SSSR count). The molecule has 0 radical (unpaired) electrons. The normalized spacial score (nSPS) is 16.2. The average molecular weight is 164 g/mol. The van der Waals surface area contributed by atoms with Gasteiger partial charge in [-0.05, 0) is 25.0 Å². The van der Waals surface area contributed by atoms with Gasteiger partial charge in [0.15, 0.2) is 0 Å². The van der Waals surface area contributed by atoms with E-state index < -0.39 is 0 Å². The maximum Gasteiger partial charge on any atom is 0.308 e. The molecule has 0 aromatic carbocycles. The number of hydrogen-bond acceptors (Lipinski definition) is 2. The van der Waals surface area contributed by atoms with Gasteiger partial charge >= 0.3 is 5.97 Å². The zero-order valence-corrected chi connectivity index (χ0v) is 7.33. The number of esters is 1. The van der Waals surface area contributed by atoms with E-state index in [9.17, 15) is 4.79 Å². The van der Waals surface area contributed by atoms with Crippen molar-refractivity contribution < 1.29 is 9.53 Å². The molecule has 0 fully saturated rings. The quantitative estimate of drug-likeness (QED) is 0.556. The lowest BCUT2D eigenvalue weighted by Gasteiger charge is -2.04. The van der Waals surface area contributed by atoms with Crippen molar-refractivity contribution in [2.75, 3.05) is 0 Å². The van der Waals surface area contributed by atoms with Gasteiger partial charge in [0.25, 0.3) is 0 Å². The first-order valence-electron chi connectivity index (χ1n) is 3.92. The predicted octanol–water partition coefficient (Wildman–Crippen LogP) is 2.34. The molecule has 0 amide bonds. The minimum atomic E-state index is -0.274. The van der Waals surface area contributed by atoms with E-state index in [-0.39, 0.29) is 5.97 Å². The van der Waals surface area contributed by atoms with Crippen molar-refractivity contribution in [1.29, 1.82) is 0 Å². The fourth-order valence-corrected chi connectivity index (χ4v) is 0.980. The van der Waals surface area contributed by atoms with Gasteiger partial charge in [0, 0.05) is 6.92 Å². The lowest BCUT2D eigenvalue weighted by Crippen LogP contribution is -1.99. The van der Waals surface area contributed by atoms with E-state index in [1.807, 2.05) is 25.2 Å². The van der Waals surface area contributed by atoms with Gasteiger partial charge in [-0.15, -0.1) is 0 Å². The summed E-state index contributed by atoms with van der Waals surface area (Å²) in [6.45, 7) is 3.34. The van der Waals surface area contributed by atoms with Crippen molar-refractivity contribution in [3.05, 3.63) is 35.6 Å². The fraction of sp³-hybridized carbons (Fsp3) is 0.300. The smallest absolute Gasteiger partial charge is 0.308 e. The van der Waals surface area contributed by atoms with Crippen molar-refractivity contribution >= 4 is 5.97 Å². The topological polar surface area (TPSA) is 26.3 Å². The fourth-order valence-electron chi connectivity index (χ4n) is 0.980. The molecule has 1 aliphatic rings. The van der Waals surface area contributed by atoms with Gasteiger partial charge in [-0.3, -0.25) is 4.79 Å². The Balaban J connectivity index is 2.78. The van der Waals surface area contributed by atoms with Gasteiger partial charge in [0.2, 0.25) is 0 Å². The molecule has 0 heterocycles. The van der Waals surface area contributed by atoms with Crippen LogP contribution in [0.1, 0.15) is 20.3 Å². The van der Waals surface area contributed by atoms with Crippen LogP contribution in [-0.4, -0.2) is 5.97 Å². The van der Waals surface area contributed by atoms with Crippen LogP contribution in [0.3, 0.4) is 0 Å². The summed E-state index contributed by atoms with van der Waals surface area (Å²) in [4.78, 5) is 10.7. The van der Waals surface area contributed by atoms with Crippen LogP contribution in [0.15, 0.2) is 35.6 Å². The van der Waals surface area contributed by atoms with E-state index in [0.717, 1.165) is 12.0 Å². The van der Waals surface area contributed by atoms with Crippen LogP contribution >= 0.6 is 0 Å². The second kappa shape index (κ2) is 3.90. The number of ether oxygens (including phenoxy) is 1. The summed E-state index contributed by atoms with van der Waals surface area (Å²) in [5, 5.41) is 0. The van der Waals surface area contributed by atoms with Gasteiger partial charge in [0.1, 0.15) is 5.76 Å². The van der Waals surface area contributed by atoms with Crippen molar-refractivity contribution in [1.82, 2.24) is 0 Å². The molecule has 0 bridgehead atoms. The monoisotopic (exact) mass is 164 g/mol. The van der Waals surface area contributed by atoms with E-state index >= 15 is 0 Å². The van der Waals surface area contributed by atoms with Crippen molar-refractivity contribution in [3.63, 3.8) is 0 Å². The molecular formula is C10H12O2. The lowest BCUT2D eigenvalue weighted by molar-refractivity contribution is -0.136. The Morgan fingerprint density at radius 3 is 3.00 bits per heavy atom. The third-order valence-electron chi connectivity index (χ3n) is 1.59. The third kappa shape index (κ3) is 2.38. The molecule has 0 aromatic heterocycles. The molecular weight excluding hydrogens is 152 g/mol. The Bertz CT molecular complexity index is 270. The van der Waals surface area contributed by atoms with Gasteiger partial charge in [-0.25, -0.2) is 0 Å². The number of allylic oxidation sites excluding steroid dienone is 5. The standard InChI is InChI=1S/C10H12O2/c1-8-6-4-3-5-7-10(8)12-9(2)11/h3,5-7H,4H2,1-2H3. The average Bonchev–Trinajstić information content (AvgIpc) is 2.16. The summed E-state index contributed by atoms with van der Waals surface area (Å²) in [5.74, 6) is 0.376. The highest BCUT2D eigenvalue weighted by atomic mass is 16.5. The third-order valence-corrected chi connectivity index (χ3v) is 1.59. The van der Waals surface area contributed by atoms with Crippen molar-refractivity contribution in [3.8, 4) is 0 Å². The molecule has 12 heavy (non-hydrogen) atoms. The van der Waals surface area contributed by atoms with E-state index in [2.05, 4.69) is 0 Å². The molecule has 0 aliphatic heterocycles. The van der Waals surface area contributed by atoms with Crippen molar-refractivity contribution in [2.45, 2.75) is 20.3 Å². The minimum absolute atomic E-state index is 0.274. The van der Waals surface area contributed by atoms with Gasteiger partial charge in [-0.2, -0.15) is 0 Å².